The molecule has 3 heteroatoms. The van der Waals surface area contributed by atoms with E-state index in [0.717, 1.165) is 45.1 Å². The van der Waals surface area contributed by atoms with Gasteiger partial charge < -0.3 is 10.6 Å². The lowest BCUT2D eigenvalue weighted by atomic mass is 9.85. The first-order valence-electron chi connectivity index (χ1n) is 8.28. The smallest absolute Gasteiger partial charge is 0.226 e. The Labute approximate surface area is 127 Å². The number of nitrogens with two attached hydrogens (primary N) is 1. The lowest BCUT2D eigenvalue weighted by molar-refractivity contribution is -0.137. The van der Waals surface area contributed by atoms with Crippen LogP contribution in [0.4, 0.5) is 0 Å². The fourth-order valence-electron chi connectivity index (χ4n) is 4.00. The summed E-state index contributed by atoms with van der Waals surface area (Å²) in [6.07, 6.45) is 6.27. The molecule has 0 bridgehead atoms. The van der Waals surface area contributed by atoms with Crippen molar-refractivity contribution in [2.45, 2.75) is 57.5 Å². The summed E-state index contributed by atoms with van der Waals surface area (Å²) in [6.45, 7) is 3.05. The van der Waals surface area contributed by atoms with Crippen LogP contribution in [0.1, 0.15) is 55.7 Å². The number of carbonyl (C=O) groups excluding carboxylic acids is 1. The van der Waals surface area contributed by atoms with Crippen molar-refractivity contribution in [2.75, 3.05) is 6.54 Å². The Kier molecular flexibility index (Phi) is 4.29. The van der Waals surface area contributed by atoms with Crippen LogP contribution in [-0.4, -0.2) is 23.4 Å². The van der Waals surface area contributed by atoms with Crippen LogP contribution >= 0.6 is 0 Å². The van der Waals surface area contributed by atoms with Gasteiger partial charge in [0.05, 0.1) is 6.04 Å². The van der Waals surface area contributed by atoms with E-state index in [1.54, 1.807) is 0 Å². The van der Waals surface area contributed by atoms with Crippen molar-refractivity contribution in [2.24, 2.45) is 11.7 Å². The number of amides is 1. The lowest BCUT2D eigenvalue weighted by Crippen LogP contribution is -2.40. The average Bonchev–Trinajstić information content (AvgIpc) is 2.96. The van der Waals surface area contributed by atoms with Gasteiger partial charge in [0.2, 0.25) is 5.91 Å². The minimum absolute atomic E-state index is 0.151. The average molecular weight is 286 g/mol. The van der Waals surface area contributed by atoms with Crippen LogP contribution in [0.5, 0.6) is 0 Å². The Bertz CT molecular complexity index is 514. The standard InChI is InChI=1S/C18H26N2O/c1-13-6-2-3-9-16(13)17-10-5-11-20(17)18(21)14-7-4-8-15(19)12-14/h2-3,6,9,14-15,17H,4-5,7-8,10-12,19H2,1H3/t14-,15+,17+/m1/s1. The summed E-state index contributed by atoms with van der Waals surface area (Å²) in [7, 11) is 0. The van der Waals surface area contributed by atoms with E-state index in [0.29, 0.717) is 5.91 Å². The minimum Gasteiger partial charge on any atom is -0.335 e. The molecule has 1 saturated heterocycles. The van der Waals surface area contributed by atoms with Gasteiger partial charge in [-0.25, -0.2) is 0 Å². The van der Waals surface area contributed by atoms with Crippen molar-refractivity contribution in [3.05, 3.63) is 35.4 Å². The first-order chi connectivity index (χ1) is 10.2. The molecule has 1 aliphatic heterocycles. The van der Waals surface area contributed by atoms with Gasteiger partial charge in [0, 0.05) is 18.5 Å². The summed E-state index contributed by atoms with van der Waals surface area (Å²) < 4.78 is 0. The highest BCUT2D eigenvalue weighted by molar-refractivity contribution is 5.80. The molecule has 0 radical (unpaired) electrons. The van der Waals surface area contributed by atoms with Gasteiger partial charge in [0.15, 0.2) is 0 Å². The molecule has 1 heterocycles. The van der Waals surface area contributed by atoms with E-state index >= 15 is 0 Å². The topological polar surface area (TPSA) is 46.3 Å². The molecule has 2 N–H and O–H groups in total. The maximum Gasteiger partial charge on any atom is 0.226 e. The third kappa shape index (κ3) is 2.98. The number of hydrogen-bond acceptors (Lipinski definition) is 2. The highest BCUT2D eigenvalue weighted by Crippen LogP contribution is 2.36. The van der Waals surface area contributed by atoms with Crippen LogP contribution in [0.3, 0.4) is 0 Å². The Morgan fingerprint density at radius 3 is 2.76 bits per heavy atom. The molecule has 3 rings (SSSR count). The Balaban J connectivity index is 1.77. The second-order valence-electron chi connectivity index (χ2n) is 6.67. The van der Waals surface area contributed by atoms with Crippen LogP contribution in [0.2, 0.25) is 0 Å². The summed E-state index contributed by atoms with van der Waals surface area (Å²) in [6, 6.07) is 8.97. The van der Waals surface area contributed by atoms with E-state index in [1.807, 2.05) is 0 Å². The summed E-state index contributed by atoms with van der Waals surface area (Å²) in [5.74, 6) is 0.495. The van der Waals surface area contributed by atoms with Crippen molar-refractivity contribution in [1.29, 1.82) is 0 Å². The predicted molar refractivity (Wildman–Crippen MR) is 84.8 cm³/mol. The largest absolute Gasteiger partial charge is 0.335 e. The number of aryl methyl sites for hydroxylation is 1. The van der Waals surface area contributed by atoms with E-state index in [4.69, 9.17) is 5.73 Å². The van der Waals surface area contributed by atoms with Crippen LogP contribution < -0.4 is 5.73 Å². The maximum atomic E-state index is 12.9. The van der Waals surface area contributed by atoms with Crippen LogP contribution in [-0.2, 0) is 4.79 Å². The normalized spacial score (nSPS) is 29.6. The summed E-state index contributed by atoms with van der Waals surface area (Å²) >= 11 is 0. The summed E-state index contributed by atoms with van der Waals surface area (Å²) in [4.78, 5) is 15.0. The molecular weight excluding hydrogens is 260 g/mol. The molecule has 3 atom stereocenters. The zero-order valence-corrected chi connectivity index (χ0v) is 12.9. The molecule has 1 aromatic rings. The SMILES string of the molecule is Cc1ccccc1[C@@H]1CCCN1C(=O)[C@@H]1CCC[C@H](N)C1. The molecule has 3 nitrogen and oxygen atoms in total. The molecule has 2 fully saturated rings. The van der Waals surface area contributed by atoms with E-state index in [-0.39, 0.29) is 18.0 Å². The monoisotopic (exact) mass is 286 g/mol. The predicted octanol–water partition coefficient (Wildman–Crippen LogP) is 3.18. The van der Waals surface area contributed by atoms with E-state index in [9.17, 15) is 4.79 Å². The van der Waals surface area contributed by atoms with Crippen LogP contribution in [0.25, 0.3) is 0 Å². The van der Waals surface area contributed by atoms with Gasteiger partial charge in [-0.05, 0) is 50.2 Å². The van der Waals surface area contributed by atoms with Gasteiger partial charge in [0.1, 0.15) is 0 Å². The zero-order chi connectivity index (χ0) is 14.8. The number of hydrogen-bond donors (Lipinski definition) is 1. The number of nitrogens with zero attached hydrogens (tertiary/aromatic N) is 1. The Morgan fingerprint density at radius 2 is 2.00 bits per heavy atom. The molecule has 0 spiro atoms. The van der Waals surface area contributed by atoms with Gasteiger partial charge in [-0.15, -0.1) is 0 Å². The molecule has 1 aromatic carbocycles. The third-order valence-corrected chi connectivity index (χ3v) is 5.15. The molecule has 21 heavy (non-hydrogen) atoms. The van der Waals surface area contributed by atoms with Gasteiger partial charge >= 0.3 is 0 Å². The molecule has 1 aliphatic carbocycles. The third-order valence-electron chi connectivity index (χ3n) is 5.15. The van der Waals surface area contributed by atoms with Crippen molar-refractivity contribution in [3.63, 3.8) is 0 Å². The van der Waals surface area contributed by atoms with Gasteiger partial charge in [0.25, 0.3) is 0 Å². The quantitative estimate of drug-likeness (QED) is 0.907. The lowest BCUT2D eigenvalue weighted by Gasteiger charge is -2.33. The van der Waals surface area contributed by atoms with Crippen LogP contribution in [0, 0.1) is 12.8 Å². The zero-order valence-electron chi connectivity index (χ0n) is 12.9. The second-order valence-corrected chi connectivity index (χ2v) is 6.67. The molecule has 1 amide bonds. The maximum absolute atomic E-state index is 12.9. The first kappa shape index (κ1) is 14.6. The molecule has 0 aromatic heterocycles. The number of carbonyl (C=O) groups is 1. The molecule has 0 unspecified atom stereocenters. The Morgan fingerprint density at radius 1 is 1.19 bits per heavy atom. The van der Waals surface area contributed by atoms with Crippen molar-refractivity contribution in [3.8, 4) is 0 Å². The van der Waals surface area contributed by atoms with E-state index in [1.165, 1.54) is 11.1 Å². The van der Waals surface area contributed by atoms with Crippen molar-refractivity contribution < 1.29 is 4.79 Å². The van der Waals surface area contributed by atoms with Crippen molar-refractivity contribution >= 4 is 5.91 Å². The molecule has 114 valence electrons. The van der Waals surface area contributed by atoms with E-state index < -0.39 is 0 Å². The summed E-state index contributed by atoms with van der Waals surface area (Å²) in [5.41, 5.74) is 8.68. The second kappa shape index (κ2) is 6.18. The van der Waals surface area contributed by atoms with Gasteiger partial charge in [-0.3, -0.25) is 4.79 Å². The summed E-state index contributed by atoms with van der Waals surface area (Å²) in [5, 5.41) is 0. The molecule has 1 saturated carbocycles. The fourth-order valence-corrected chi connectivity index (χ4v) is 4.00. The van der Waals surface area contributed by atoms with Gasteiger partial charge in [-0.2, -0.15) is 0 Å². The first-order valence-corrected chi connectivity index (χ1v) is 8.28. The molecule has 2 aliphatic rings. The van der Waals surface area contributed by atoms with Crippen LogP contribution in [0.15, 0.2) is 24.3 Å². The van der Waals surface area contributed by atoms with Crippen molar-refractivity contribution in [1.82, 2.24) is 4.90 Å². The Hall–Kier alpha value is -1.35. The highest BCUT2D eigenvalue weighted by Gasteiger charge is 2.35. The highest BCUT2D eigenvalue weighted by atomic mass is 16.2. The molecular formula is C18H26N2O. The van der Waals surface area contributed by atoms with E-state index in [2.05, 4.69) is 36.1 Å². The number of rotatable bonds is 2. The fraction of sp³-hybridized carbons (Fsp3) is 0.611. The number of benzene rings is 1. The minimum atomic E-state index is 0.151. The number of likely N-dealkylation sites (tertiary alicyclic amines) is 1. The van der Waals surface area contributed by atoms with Gasteiger partial charge in [-0.1, -0.05) is 30.7 Å².